The molecule has 1 atom stereocenters. The minimum Gasteiger partial charge on any atom is -0.382 e. The van der Waals surface area contributed by atoms with Gasteiger partial charge < -0.3 is 10.6 Å². The summed E-state index contributed by atoms with van der Waals surface area (Å²) in [5, 5.41) is 6.27. The fourth-order valence-corrected chi connectivity index (χ4v) is 2.01. The molecule has 0 spiro atoms. The van der Waals surface area contributed by atoms with Gasteiger partial charge in [-0.25, -0.2) is 4.39 Å². The van der Waals surface area contributed by atoms with Gasteiger partial charge in [-0.3, -0.25) is 0 Å². The summed E-state index contributed by atoms with van der Waals surface area (Å²) in [6.07, 6.45) is 1.57. The molecule has 16 heavy (non-hydrogen) atoms. The van der Waals surface area contributed by atoms with Gasteiger partial charge in [0.15, 0.2) is 0 Å². The maximum absolute atomic E-state index is 14.2. The summed E-state index contributed by atoms with van der Waals surface area (Å²) < 4.78 is 14.2. The molecule has 1 saturated heterocycles. The number of aryl methyl sites for hydroxylation is 1. The van der Waals surface area contributed by atoms with Crippen LogP contribution in [0.5, 0.6) is 0 Å². The van der Waals surface area contributed by atoms with E-state index in [1.165, 1.54) is 5.56 Å². The number of anilines is 1. The van der Waals surface area contributed by atoms with Gasteiger partial charge >= 0.3 is 0 Å². The maximum atomic E-state index is 14.2. The van der Waals surface area contributed by atoms with E-state index in [1.807, 2.05) is 31.2 Å². The van der Waals surface area contributed by atoms with Crippen molar-refractivity contribution in [3.8, 4) is 0 Å². The van der Waals surface area contributed by atoms with Gasteiger partial charge in [-0.15, -0.1) is 0 Å². The monoisotopic (exact) mass is 222 g/mol. The van der Waals surface area contributed by atoms with Gasteiger partial charge in [0.05, 0.1) is 6.54 Å². The van der Waals surface area contributed by atoms with E-state index in [-0.39, 0.29) is 0 Å². The van der Waals surface area contributed by atoms with Crippen LogP contribution in [0.3, 0.4) is 0 Å². The Labute approximate surface area is 96.2 Å². The highest BCUT2D eigenvalue weighted by Crippen LogP contribution is 2.21. The zero-order chi connectivity index (χ0) is 11.4. The third-order valence-electron chi connectivity index (χ3n) is 3.08. The van der Waals surface area contributed by atoms with Gasteiger partial charge in [-0.1, -0.05) is 17.7 Å². The Bertz CT molecular complexity index is 328. The highest BCUT2D eigenvalue weighted by atomic mass is 19.1. The molecule has 0 saturated carbocycles. The number of piperidine rings is 1. The molecular formula is C13H19FN2. The molecule has 2 rings (SSSR count). The second-order valence-corrected chi connectivity index (χ2v) is 4.65. The summed E-state index contributed by atoms with van der Waals surface area (Å²) in [6, 6.07) is 8.06. The van der Waals surface area contributed by atoms with Gasteiger partial charge in [-0.05, 0) is 38.4 Å². The molecule has 88 valence electrons. The third-order valence-corrected chi connectivity index (χ3v) is 3.08. The van der Waals surface area contributed by atoms with Crippen molar-refractivity contribution in [1.29, 1.82) is 0 Å². The molecule has 0 aliphatic carbocycles. The lowest BCUT2D eigenvalue weighted by Gasteiger charge is -2.30. The molecule has 1 aliphatic heterocycles. The summed E-state index contributed by atoms with van der Waals surface area (Å²) >= 11 is 0. The van der Waals surface area contributed by atoms with E-state index in [1.54, 1.807) is 0 Å². The molecular weight excluding hydrogens is 203 g/mol. The molecule has 1 unspecified atom stereocenters. The Hall–Kier alpha value is -1.09. The van der Waals surface area contributed by atoms with Crippen LogP contribution in [0.2, 0.25) is 0 Å². The van der Waals surface area contributed by atoms with Crippen molar-refractivity contribution in [2.45, 2.75) is 25.4 Å². The third kappa shape index (κ3) is 2.95. The molecule has 0 radical (unpaired) electrons. The van der Waals surface area contributed by atoms with Gasteiger partial charge in [0.2, 0.25) is 0 Å². The fraction of sp³-hybridized carbons (Fsp3) is 0.538. The lowest BCUT2D eigenvalue weighted by molar-refractivity contribution is 0.137. The first-order chi connectivity index (χ1) is 7.68. The molecule has 1 aromatic rings. The van der Waals surface area contributed by atoms with Crippen molar-refractivity contribution in [2.75, 3.05) is 25.0 Å². The second-order valence-electron chi connectivity index (χ2n) is 4.65. The molecule has 0 bridgehead atoms. The van der Waals surface area contributed by atoms with E-state index in [4.69, 9.17) is 0 Å². The van der Waals surface area contributed by atoms with Crippen LogP contribution >= 0.6 is 0 Å². The minimum atomic E-state index is -1.09. The zero-order valence-corrected chi connectivity index (χ0v) is 9.72. The molecule has 0 aromatic heterocycles. The van der Waals surface area contributed by atoms with Crippen LogP contribution in [0.4, 0.5) is 10.1 Å². The molecule has 2 N–H and O–H groups in total. The van der Waals surface area contributed by atoms with Crippen molar-refractivity contribution in [1.82, 2.24) is 5.32 Å². The normalized spacial score (nSPS) is 25.4. The largest absolute Gasteiger partial charge is 0.382 e. The molecule has 3 heteroatoms. The van der Waals surface area contributed by atoms with Crippen LogP contribution in [0.15, 0.2) is 24.3 Å². The maximum Gasteiger partial charge on any atom is 0.140 e. The van der Waals surface area contributed by atoms with Crippen LogP contribution in [0.25, 0.3) is 0 Å². The lowest BCUT2D eigenvalue weighted by atomic mass is 9.96. The standard InChI is InChI=1S/C13H19FN2/c1-11-3-5-12(6-4-11)16-10-13(14)7-2-8-15-9-13/h3-6,15-16H,2,7-10H2,1H3. The first-order valence-electron chi connectivity index (χ1n) is 5.88. The SMILES string of the molecule is Cc1ccc(NCC2(F)CCCNC2)cc1. The number of halogens is 1. The van der Waals surface area contributed by atoms with Gasteiger partial charge in [0.1, 0.15) is 5.67 Å². The van der Waals surface area contributed by atoms with Crippen molar-refractivity contribution in [2.24, 2.45) is 0 Å². The number of nitrogens with one attached hydrogen (secondary N) is 2. The van der Waals surface area contributed by atoms with Crippen LogP contribution in [-0.2, 0) is 0 Å². The predicted molar refractivity (Wildman–Crippen MR) is 65.6 cm³/mol. The molecule has 2 nitrogen and oxygen atoms in total. The zero-order valence-electron chi connectivity index (χ0n) is 9.72. The Morgan fingerprint density at radius 3 is 2.75 bits per heavy atom. The van der Waals surface area contributed by atoms with E-state index in [9.17, 15) is 4.39 Å². The molecule has 1 fully saturated rings. The molecule has 0 amide bonds. The summed E-state index contributed by atoms with van der Waals surface area (Å²) in [5.41, 5.74) is 1.12. The number of rotatable bonds is 3. The van der Waals surface area contributed by atoms with Crippen LogP contribution < -0.4 is 10.6 Å². The van der Waals surface area contributed by atoms with Crippen molar-refractivity contribution >= 4 is 5.69 Å². The number of hydrogen-bond acceptors (Lipinski definition) is 2. The van der Waals surface area contributed by atoms with E-state index >= 15 is 0 Å². The minimum absolute atomic E-state index is 0.392. The molecule has 1 aliphatic rings. The smallest absolute Gasteiger partial charge is 0.140 e. The fourth-order valence-electron chi connectivity index (χ4n) is 2.01. The number of hydrogen-bond donors (Lipinski definition) is 2. The number of benzene rings is 1. The highest BCUT2D eigenvalue weighted by Gasteiger charge is 2.31. The van der Waals surface area contributed by atoms with Gasteiger partial charge in [0.25, 0.3) is 0 Å². The predicted octanol–water partition coefficient (Wildman–Crippen LogP) is 2.50. The summed E-state index contributed by atoms with van der Waals surface area (Å²) in [5.74, 6) is 0. The summed E-state index contributed by atoms with van der Waals surface area (Å²) in [6.45, 7) is 3.84. The molecule has 1 heterocycles. The Kier molecular flexibility index (Phi) is 3.44. The van der Waals surface area contributed by atoms with Crippen molar-refractivity contribution in [3.05, 3.63) is 29.8 Å². The van der Waals surface area contributed by atoms with Crippen LogP contribution in [0, 0.1) is 6.92 Å². The van der Waals surface area contributed by atoms with Crippen molar-refractivity contribution < 1.29 is 4.39 Å². The van der Waals surface area contributed by atoms with Crippen molar-refractivity contribution in [3.63, 3.8) is 0 Å². The van der Waals surface area contributed by atoms with Crippen LogP contribution in [0.1, 0.15) is 18.4 Å². The Morgan fingerprint density at radius 1 is 1.38 bits per heavy atom. The van der Waals surface area contributed by atoms with Crippen LogP contribution in [-0.4, -0.2) is 25.3 Å². The van der Waals surface area contributed by atoms with Gasteiger partial charge in [-0.2, -0.15) is 0 Å². The quantitative estimate of drug-likeness (QED) is 0.821. The second kappa shape index (κ2) is 4.83. The first kappa shape index (κ1) is 11.4. The Balaban J connectivity index is 1.88. The van der Waals surface area contributed by atoms with E-state index in [0.717, 1.165) is 18.7 Å². The van der Waals surface area contributed by atoms with E-state index in [0.29, 0.717) is 19.5 Å². The highest BCUT2D eigenvalue weighted by molar-refractivity contribution is 5.44. The summed E-state index contributed by atoms with van der Waals surface area (Å²) in [7, 11) is 0. The Morgan fingerprint density at radius 2 is 2.12 bits per heavy atom. The first-order valence-corrected chi connectivity index (χ1v) is 5.88. The average molecular weight is 222 g/mol. The van der Waals surface area contributed by atoms with Gasteiger partial charge in [0, 0.05) is 12.2 Å². The summed E-state index contributed by atoms with van der Waals surface area (Å²) in [4.78, 5) is 0. The lowest BCUT2D eigenvalue weighted by Crippen LogP contribution is -2.46. The van der Waals surface area contributed by atoms with E-state index in [2.05, 4.69) is 10.6 Å². The number of alkyl halides is 1. The topological polar surface area (TPSA) is 24.1 Å². The average Bonchev–Trinajstić information content (AvgIpc) is 2.29. The van der Waals surface area contributed by atoms with E-state index < -0.39 is 5.67 Å². The molecule has 1 aromatic carbocycles.